The molecule has 1 aliphatic carbocycles. The number of hydrogen-bond donors (Lipinski definition) is 1. The molecule has 0 atom stereocenters. The average molecular weight is 443 g/mol. The Labute approximate surface area is 161 Å². The quantitative estimate of drug-likeness (QED) is 0.632. The molecule has 1 amide bonds. The third-order valence-corrected chi connectivity index (χ3v) is 4.20. The van der Waals surface area contributed by atoms with E-state index in [2.05, 4.69) is 4.98 Å². The molecule has 0 radical (unpaired) electrons. The first-order valence-corrected chi connectivity index (χ1v) is 8.09. The highest BCUT2D eigenvalue weighted by Crippen LogP contribution is 2.41. The molecule has 0 saturated carbocycles. The lowest BCUT2D eigenvalue weighted by molar-refractivity contribution is -0.283. The molecular weight excluding hydrogens is 433 g/mol. The minimum atomic E-state index is -5.71. The maximum atomic E-state index is 13.0. The molecule has 3 rings (SSSR count). The van der Waals surface area contributed by atoms with Gasteiger partial charge in [0, 0.05) is 12.1 Å². The number of nitrogens with zero attached hydrogens (tertiary/aromatic N) is 2. The molecule has 162 valence electrons. The summed E-state index contributed by atoms with van der Waals surface area (Å²) in [4.78, 5) is 15.8. The summed E-state index contributed by atoms with van der Waals surface area (Å²) in [6.45, 7) is 0. The number of carbonyl (C=O) groups is 1. The molecule has 0 fully saturated rings. The first kappa shape index (κ1) is 21.7. The third kappa shape index (κ3) is 4.28. The molecule has 1 aromatic carbocycles. The summed E-state index contributed by atoms with van der Waals surface area (Å²) in [6.07, 6.45) is -13.8. The Balaban J connectivity index is 1.97. The Morgan fingerprint density at radius 2 is 1.63 bits per heavy atom. The molecule has 0 bridgehead atoms. The summed E-state index contributed by atoms with van der Waals surface area (Å²) in [6, 6.07) is 2.39. The van der Waals surface area contributed by atoms with E-state index in [0.29, 0.717) is 12.1 Å². The van der Waals surface area contributed by atoms with Crippen molar-refractivity contribution in [1.29, 1.82) is 0 Å². The summed E-state index contributed by atoms with van der Waals surface area (Å²) in [5.74, 6) is -6.05. The van der Waals surface area contributed by atoms with Crippen molar-refractivity contribution >= 4 is 28.6 Å². The molecule has 30 heavy (non-hydrogen) atoms. The summed E-state index contributed by atoms with van der Waals surface area (Å²) in [5.41, 5.74) is -1.01. The molecule has 0 unspecified atom stereocenters. The van der Waals surface area contributed by atoms with Crippen LogP contribution in [0, 0.1) is 5.92 Å². The van der Waals surface area contributed by atoms with E-state index in [1.165, 1.54) is 18.2 Å². The van der Waals surface area contributed by atoms with Gasteiger partial charge in [0.05, 0.1) is 16.6 Å². The zero-order valence-electron chi connectivity index (χ0n) is 14.5. The number of fused-ring (bicyclic) bond motifs is 1. The molecule has 0 saturated heterocycles. The Bertz CT molecular complexity index is 1030. The number of anilines is 1. The Kier molecular flexibility index (Phi) is 5.11. The Morgan fingerprint density at radius 1 is 1.03 bits per heavy atom. The predicted molar refractivity (Wildman–Crippen MR) is 87.0 cm³/mol. The van der Waals surface area contributed by atoms with Crippen LogP contribution in [0.15, 0.2) is 36.4 Å². The lowest BCUT2D eigenvalue weighted by atomic mass is 10.0. The number of hydrogen-bond acceptors (Lipinski definition) is 2. The van der Waals surface area contributed by atoms with Crippen molar-refractivity contribution in [3.63, 3.8) is 0 Å². The van der Waals surface area contributed by atoms with Gasteiger partial charge in [-0.05, 0) is 30.4 Å². The molecular formula is C17H10F9N3O. The Morgan fingerprint density at radius 3 is 2.10 bits per heavy atom. The molecule has 1 heterocycles. The smallest absolute Gasteiger partial charge is 0.296 e. The minimum Gasteiger partial charge on any atom is -0.296 e. The standard InChI is InChI=1S/C17H10F9N3O/c18-15(19,20)8-4-5-10-11(6-8)29(9-2-1-3-9)14(27-10)28-13(30)7-12(16(21,22)23)17(24,25)26/h1-6,12H,7H2,(H,27,28,30). The monoisotopic (exact) mass is 443 g/mol. The van der Waals surface area contributed by atoms with Gasteiger partial charge in [-0.25, -0.2) is 4.98 Å². The second-order valence-corrected chi connectivity index (χ2v) is 6.31. The second-order valence-electron chi connectivity index (χ2n) is 6.31. The molecule has 13 heteroatoms. The van der Waals surface area contributed by atoms with Crippen molar-refractivity contribution in [2.24, 2.45) is 5.92 Å². The zero-order chi connectivity index (χ0) is 22.5. The van der Waals surface area contributed by atoms with Gasteiger partial charge in [-0.15, -0.1) is 0 Å². The highest BCUT2D eigenvalue weighted by atomic mass is 19.4. The molecule has 0 spiro atoms. The largest absolute Gasteiger partial charge is 0.416 e. The number of amides is 1. The highest BCUT2D eigenvalue weighted by Gasteiger charge is 2.57. The topological polar surface area (TPSA) is 46.9 Å². The van der Waals surface area contributed by atoms with Gasteiger partial charge in [0.15, 0.2) is 5.92 Å². The van der Waals surface area contributed by atoms with Crippen LogP contribution < -0.4 is 5.32 Å². The van der Waals surface area contributed by atoms with Crippen LogP contribution in [0.3, 0.4) is 0 Å². The van der Waals surface area contributed by atoms with Crippen LogP contribution in [0.2, 0.25) is 0 Å². The third-order valence-electron chi connectivity index (χ3n) is 4.20. The number of nitrogens with one attached hydrogen (secondary N) is 1. The van der Waals surface area contributed by atoms with Crippen LogP contribution in [-0.2, 0) is 11.0 Å². The van der Waals surface area contributed by atoms with Crippen LogP contribution in [0.1, 0.15) is 12.0 Å². The van der Waals surface area contributed by atoms with E-state index in [-0.39, 0.29) is 16.7 Å². The average Bonchev–Trinajstić information content (AvgIpc) is 2.85. The molecule has 1 N–H and O–H groups in total. The summed E-state index contributed by atoms with van der Waals surface area (Å²) in [5, 5.41) is 1.84. The highest BCUT2D eigenvalue weighted by molar-refractivity contribution is 5.94. The normalized spacial score (nSPS) is 14.8. The molecule has 1 aliphatic rings. The molecule has 1 aromatic heterocycles. The van der Waals surface area contributed by atoms with E-state index in [9.17, 15) is 44.3 Å². The van der Waals surface area contributed by atoms with Crippen LogP contribution in [0.25, 0.3) is 16.7 Å². The second kappa shape index (κ2) is 7.06. The number of allylic oxidation sites excluding steroid dienone is 4. The SMILES string of the molecule is O=C(CC(C(F)(F)F)C(F)(F)F)Nc1nc2ccc(C(F)(F)F)cc2n1C1=CC=C1. The fourth-order valence-corrected chi connectivity index (χ4v) is 2.71. The Hall–Kier alpha value is -2.99. The number of benzene rings is 1. The summed E-state index contributed by atoms with van der Waals surface area (Å²) in [7, 11) is 0. The van der Waals surface area contributed by atoms with E-state index in [4.69, 9.17) is 0 Å². The van der Waals surface area contributed by atoms with Gasteiger partial charge in [-0.2, -0.15) is 39.5 Å². The molecule has 0 aliphatic heterocycles. The van der Waals surface area contributed by atoms with Crippen molar-refractivity contribution in [3.05, 3.63) is 42.0 Å². The van der Waals surface area contributed by atoms with Crippen molar-refractivity contribution in [3.8, 4) is 0 Å². The van der Waals surface area contributed by atoms with Gasteiger partial charge in [-0.1, -0.05) is 6.08 Å². The van der Waals surface area contributed by atoms with Crippen molar-refractivity contribution in [2.75, 3.05) is 5.32 Å². The number of carbonyl (C=O) groups excluding carboxylic acids is 1. The van der Waals surface area contributed by atoms with Gasteiger partial charge in [-0.3, -0.25) is 14.7 Å². The van der Waals surface area contributed by atoms with Gasteiger partial charge < -0.3 is 0 Å². The number of alkyl halides is 9. The van der Waals surface area contributed by atoms with Crippen LogP contribution in [0.4, 0.5) is 45.5 Å². The number of halogens is 9. The van der Waals surface area contributed by atoms with Crippen molar-refractivity contribution in [2.45, 2.75) is 24.9 Å². The van der Waals surface area contributed by atoms with E-state index in [1.807, 2.05) is 5.32 Å². The lowest BCUT2D eigenvalue weighted by Gasteiger charge is -2.22. The first-order chi connectivity index (χ1) is 13.7. The first-order valence-electron chi connectivity index (χ1n) is 8.09. The van der Waals surface area contributed by atoms with Crippen LogP contribution in [0.5, 0.6) is 0 Å². The maximum absolute atomic E-state index is 13.0. The van der Waals surface area contributed by atoms with E-state index >= 15 is 0 Å². The summed E-state index contributed by atoms with van der Waals surface area (Å²) < 4.78 is 116. The lowest BCUT2D eigenvalue weighted by Crippen LogP contribution is -2.39. The zero-order valence-corrected chi connectivity index (χ0v) is 14.5. The number of rotatable bonds is 4. The van der Waals surface area contributed by atoms with E-state index < -0.39 is 48.3 Å². The van der Waals surface area contributed by atoms with E-state index in [0.717, 1.165) is 10.6 Å². The van der Waals surface area contributed by atoms with Gasteiger partial charge in [0.1, 0.15) is 0 Å². The number of imidazole rings is 1. The van der Waals surface area contributed by atoms with Crippen LogP contribution in [-0.4, -0.2) is 27.8 Å². The van der Waals surface area contributed by atoms with Crippen molar-refractivity contribution < 1.29 is 44.3 Å². The predicted octanol–water partition coefficient (Wildman–Crippen LogP) is 5.54. The van der Waals surface area contributed by atoms with Gasteiger partial charge in [0.2, 0.25) is 11.9 Å². The molecule has 4 nitrogen and oxygen atoms in total. The minimum absolute atomic E-state index is 0.0531. The summed E-state index contributed by atoms with van der Waals surface area (Å²) >= 11 is 0. The number of aromatic nitrogens is 2. The van der Waals surface area contributed by atoms with Crippen molar-refractivity contribution in [1.82, 2.24) is 9.55 Å². The van der Waals surface area contributed by atoms with E-state index in [1.54, 1.807) is 0 Å². The fraction of sp³-hybridized carbons (Fsp3) is 0.294. The van der Waals surface area contributed by atoms with Gasteiger partial charge in [0.25, 0.3) is 0 Å². The molecule has 2 aromatic rings. The fourth-order valence-electron chi connectivity index (χ4n) is 2.71. The van der Waals surface area contributed by atoms with Gasteiger partial charge >= 0.3 is 18.5 Å². The maximum Gasteiger partial charge on any atom is 0.416 e. The van der Waals surface area contributed by atoms with Crippen LogP contribution >= 0.6 is 0 Å².